The molecule has 196 valence electrons. The number of carbonyl (C=O) groups excluding carboxylic acids is 3. The number of barbiturate groups is 1. The van der Waals surface area contributed by atoms with Gasteiger partial charge in [0.1, 0.15) is 17.1 Å². The highest BCUT2D eigenvalue weighted by Gasteiger charge is 2.44. The third-order valence-electron chi connectivity index (χ3n) is 5.87. The summed E-state index contributed by atoms with van der Waals surface area (Å²) in [6, 6.07) is 15.2. The Balaban J connectivity index is 1.91. The quantitative estimate of drug-likeness (QED) is 0.321. The molecule has 0 saturated carbocycles. The van der Waals surface area contributed by atoms with Crippen molar-refractivity contribution in [2.75, 3.05) is 45.3 Å². The van der Waals surface area contributed by atoms with E-state index in [1.165, 1.54) is 53.8 Å². The van der Waals surface area contributed by atoms with Gasteiger partial charge in [0.05, 0.1) is 46.9 Å². The van der Waals surface area contributed by atoms with Crippen molar-refractivity contribution >= 4 is 35.3 Å². The topological polar surface area (TPSA) is 104 Å². The molecule has 0 unspecified atom stereocenters. The summed E-state index contributed by atoms with van der Waals surface area (Å²) in [6.45, 7) is 0. The molecule has 4 amide bonds. The van der Waals surface area contributed by atoms with E-state index in [9.17, 15) is 14.4 Å². The lowest BCUT2D eigenvalue weighted by Crippen LogP contribution is -2.57. The van der Waals surface area contributed by atoms with Gasteiger partial charge in [-0.15, -0.1) is 0 Å². The molecule has 0 spiro atoms. The van der Waals surface area contributed by atoms with Crippen LogP contribution in [0.15, 0.2) is 66.2 Å². The number of imide groups is 2. The summed E-state index contributed by atoms with van der Waals surface area (Å²) >= 11 is 0. The third kappa shape index (κ3) is 4.71. The standard InChI is InChI=1S/C28H26N2O8/c1-34-20-10-6-8-18(15-20)29-26(31)22(12-17-13-23(36-3)25(38-5)24(14-17)37-4)27(32)30(28(29)33)19-9-7-11-21(16-19)35-2/h6-16H,1-5H3. The first-order chi connectivity index (χ1) is 18.4. The van der Waals surface area contributed by atoms with Crippen LogP contribution in [0.5, 0.6) is 28.7 Å². The van der Waals surface area contributed by atoms with E-state index in [2.05, 4.69) is 0 Å². The van der Waals surface area contributed by atoms with Crippen LogP contribution in [-0.4, -0.2) is 53.4 Å². The van der Waals surface area contributed by atoms with Gasteiger partial charge in [-0.25, -0.2) is 14.6 Å². The van der Waals surface area contributed by atoms with Gasteiger partial charge in [-0.2, -0.15) is 0 Å². The average Bonchev–Trinajstić information content (AvgIpc) is 2.94. The van der Waals surface area contributed by atoms with Crippen molar-refractivity contribution in [3.05, 3.63) is 71.8 Å². The summed E-state index contributed by atoms with van der Waals surface area (Å²) in [5.74, 6) is 0.276. The van der Waals surface area contributed by atoms with Crippen molar-refractivity contribution in [1.82, 2.24) is 0 Å². The van der Waals surface area contributed by atoms with E-state index in [4.69, 9.17) is 23.7 Å². The van der Waals surface area contributed by atoms with E-state index in [0.29, 0.717) is 34.3 Å². The Bertz CT molecular complexity index is 1340. The first kappa shape index (κ1) is 26.1. The largest absolute Gasteiger partial charge is 0.497 e. The molecule has 1 heterocycles. The summed E-state index contributed by atoms with van der Waals surface area (Å²) in [4.78, 5) is 43.0. The summed E-state index contributed by atoms with van der Waals surface area (Å²) in [6.07, 6.45) is 1.38. The maximum absolute atomic E-state index is 13.7. The van der Waals surface area contributed by atoms with Gasteiger partial charge in [0.2, 0.25) is 5.75 Å². The van der Waals surface area contributed by atoms with E-state index in [1.807, 2.05) is 0 Å². The summed E-state index contributed by atoms with van der Waals surface area (Å²) in [5, 5.41) is 0. The van der Waals surface area contributed by atoms with Gasteiger partial charge in [0, 0.05) is 12.1 Å². The predicted octanol–water partition coefficient (Wildman–Crippen LogP) is 4.31. The molecular formula is C28H26N2O8. The molecule has 0 aliphatic carbocycles. The number of amides is 4. The zero-order valence-corrected chi connectivity index (χ0v) is 21.5. The summed E-state index contributed by atoms with van der Waals surface area (Å²) in [5.41, 5.74) is 0.623. The molecule has 1 aliphatic heterocycles. The number of nitrogens with zero attached hydrogens (tertiary/aromatic N) is 2. The Hall–Kier alpha value is -4.99. The molecule has 10 heteroatoms. The number of hydrogen-bond acceptors (Lipinski definition) is 8. The lowest BCUT2D eigenvalue weighted by Gasteiger charge is -2.34. The minimum absolute atomic E-state index is 0.232. The fourth-order valence-electron chi connectivity index (χ4n) is 4.04. The SMILES string of the molecule is COc1cccc(N2C(=O)C(=Cc3cc(OC)c(OC)c(OC)c3)C(=O)N(c3cccc(OC)c3)C2=O)c1. The number of benzene rings is 3. The summed E-state index contributed by atoms with van der Waals surface area (Å²) < 4.78 is 26.7. The molecular weight excluding hydrogens is 492 g/mol. The maximum Gasteiger partial charge on any atom is 0.343 e. The van der Waals surface area contributed by atoms with Gasteiger partial charge in [-0.05, 0) is 48.0 Å². The monoisotopic (exact) mass is 518 g/mol. The van der Waals surface area contributed by atoms with Crippen LogP contribution in [-0.2, 0) is 9.59 Å². The molecule has 1 fully saturated rings. The summed E-state index contributed by atoms with van der Waals surface area (Å²) in [7, 11) is 7.33. The van der Waals surface area contributed by atoms with Crippen molar-refractivity contribution in [3.63, 3.8) is 0 Å². The minimum atomic E-state index is -0.844. The fraction of sp³-hybridized carbons (Fsp3) is 0.179. The van der Waals surface area contributed by atoms with E-state index < -0.39 is 17.8 Å². The number of ether oxygens (including phenoxy) is 5. The molecule has 3 aromatic carbocycles. The van der Waals surface area contributed by atoms with Crippen molar-refractivity contribution in [2.45, 2.75) is 0 Å². The van der Waals surface area contributed by atoms with Crippen LogP contribution < -0.4 is 33.5 Å². The molecule has 1 aliphatic rings. The second-order valence-corrected chi connectivity index (χ2v) is 7.98. The number of hydrogen-bond donors (Lipinski definition) is 0. The zero-order chi connectivity index (χ0) is 27.4. The molecule has 3 aromatic rings. The second-order valence-electron chi connectivity index (χ2n) is 7.98. The smallest absolute Gasteiger partial charge is 0.343 e. The number of urea groups is 1. The number of methoxy groups -OCH3 is 5. The molecule has 0 bridgehead atoms. The third-order valence-corrected chi connectivity index (χ3v) is 5.87. The van der Waals surface area contributed by atoms with E-state index >= 15 is 0 Å². The number of rotatable bonds is 8. The molecule has 10 nitrogen and oxygen atoms in total. The normalized spacial score (nSPS) is 13.4. The molecule has 0 atom stereocenters. The highest BCUT2D eigenvalue weighted by Crippen LogP contribution is 2.39. The molecule has 0 aromatic heterocycles. The minimum Gasteiger partial charge on any atom is -0.497 e. The Morgan fingerprint density at radius 1 is 0.605 bits per heavy atom. The highest BCUT2D eigenvalue weighted by molar-refractivity contribution is 6.46. The molecule has 1 saturated heterocycles. The highest BCUT2D eigenvalue weighted by atomic mass is 16.5. The van der Waals surface area contributed by atoms with Crippen LogP contribution in [0.25, 0.3) is 6.08 Å². The predicted molar refractivity (Wildman–Crippen MR) is 140 cm³/mol. The van der Waals surface area contributed by atoms with Gasteiger partial charge in [-0.3, -0.25) is 9.59 Å². The van der Waals surface area contributed by atoms with Crippen molar-refractivity contribution < 1.29 is 38.1 Å². The Morgan fingerprint density at radius 2 is 1.08 bits per heavy atom. The molecule has 38 heavy (non-hydrogen) atoms. The molecule has 0 N–H and O–H groups in total. The molecule has 0 radical (unpaired) electrons. The van der Waals surface area contributed by atoms with E-state index in [1.54, 1.807) is 48.5 Å². The van der Waals surface area contributed by atoms with Gasteiger partial charge in [0.25, 0.3) is 11.8 Å². The van der Waals surface area contributed by atoms with Gasteiger partial charge >= 0.3 is 6.03 Å². The number of carbonyl (C=O) groups is 3. The maximum atomic E-state index is 13.7. The first-order valence-electron chi connectivity index (χ1n) is 11.4. The number of anilines is 2. The lowest BCUT2D eigenvalue weighted by atomic mass is 10.0. The Morgan fingerprint density at radius 3 is 1.47 bits per heavy atom. The van der Waals surface area contributed by atoms with Crippen LogP contribution in [0, 0.1) is 0 Å². The zero-order valence-electron chi connectivity index (χ0n) is 21.5. The van der Waals surface area contributed by atoms with E-state index in [0.717, 1.165) is 9.80 Å². The second kappa shape index (κ2) is 11.0. The first-order valence-corrected chi connectivity index (χ1v) is 11.4. The van der Waals surface area contributed by atoms with Crippen LogP contribution in [0.1, 0.15) is 5.56 Å². The van der Waals surface area contributed by atoms with Crippen LogP contribution >= 0.6 is 0 Å². The molecule has 4 rings (SSSR count). The van der Waals surface area contributed by atoms with Crippen LogP contribution in [0.2, 0.25) is 0 Å². The van der Waals surface area contributed by atoms with Gasteiger partial charge in [0.15, 0.2) is 11.5 Å². The average molecular weight is 519 g/mol. The Labute approximate surface area is 219 Å². The Kier molecular flexibility index (Phi) is 7.52. The van der Waals surface area contributed by atoms with Gasteiger partial charge < -0.3 is 23.7 Å². The van der Waals surface area contributed by atoms with Gasteiger partial charge in [-0.1, -0.05) is 12.1 Å². The fourth-order valence-corrected chi connectivity index (χ4v) is 4.04. The van der Waals surface area contributed by atoms with Crippen molar-refractivity contribution in [2.24, 2.45) is 0 Å². The lowest BCUT2D eigenvalue weighted by molar-refractivity contribution is -0.121. The van der Waals surface area contributed by atoms with E-state index in [-0.39, 0.29) is 16.9 Å². The van der Waals surface area contributed by atoms with Crippen LogP contribution in [0.3, 0.4) is 0 Å². The van der Waals surface area contributed by atoms with Crippen molar-refractivity contribution in [3.8, 4) is 28.7 Å². The van der Waals surface area contributed by atoms with Crippen LogP contribution in [0.4, 0.5) is 16.2 Å². The van der Waals surface area contributed by atoms with Crippen molar-refractivity contribution in [1.29, 1.82) is 0 Å².